The lowest BCUT2D eigenvalue weighted by molar-refractivity contribution is -0.277. The van der Waals surface area contributed by atoms with E-state index >= 15 is 0 Å². The Balaban J connectivity index is 1.52. The van der Waals surface area contributed by atoms with Gasteiger partial charge in [0.15, 0.2) is 5.78 Å². The van der Waals surface area contributed by atoms with Crippen LogP contribution in [0.4, 0.5) is 4.79 Å². The van der Waals surface area contributed by atoms with Gasteiger partial charge in [0.1, 0.15) is 53.7 Å². The Morgan fingerprint density at radius 1 is 1.03 bits per heavy atom. The van der Waals surface area contributed by atoms with E-state index in [0.29, 0.717) is 12.0 Å². The summed E-state index contributed by atoms with van der Waals surface area (Å²) >= 11 is 0. The summed E-state index contributed by atoms with van der Waals surface area (Å²) in [6.07, 6.45) is -6.86. The standard InChI is InChI=1S/C26H28O11/c1-13-9-17(28)21(16(27)5-3-14-4-6-18-15(11-14)7-8-34-18)19(10-13)36-25-24(31)23(30)22(29)20(37-25)12-35-26(32)33-2/h4,6-11,20,22-25,28-31H,3,5,12H2,1-2H3/t20?,22-,23+,24-,25?/m1/s1. The molecule has 0 radical (unpaired) electrons. The van der Waals surface area contributed by atoms with Crippen LogP contribution in [0, 0.1) is 6.92 Å². The van der Waals surface area contributed by atoms with Gasteiger partial charge in [-0.3, -0.25) is 4.79 Å². The molecule has 4 rings (SSSR count). The number of aromatic hydroxyl groups is 1. The van der Waals surface area contributed by atoms with Crippen molar-refractivity contribution >= 4 is 22.9 Å². The van der Waals surface area contributed by atoms with Crippen molar-refractivity contribution in [2.45, 2.75) is 50.5 Å². The van der Waals surface area contributed by atoms with Gasteiger partial charge in [-0.25, -0.2) is 4.79 Å². The number of aryl methyl sites for hydroxylation is 2. The minimum absolute atomic E-state index is 0.0430. The number of carbonyl (C=O) groups excluding carboxylic acids is 2. The molecule has 4 N–H and O–H groups in total. The molecule has 3 aromatic rings. The monoisotopic (exact) mass is 516 g/mol. The summed E-state index contributed by atoms with van der Waals surface area (Å²) in [7, 11) is 1.10. The number of aliphatic hydroxyl groups excluding tert-OH is 3. The number of ketones is 1. The highest BCUT2D eigenvalue weighted by atomic mass is 16.7. The molecular weight excluding hydrogens is 488 g/mol. The van der Waals surface area contributed by atoms with Crippen LogP contribution >= 0.6 is 0 Å². The Morgan fingerprint density at radius 2 is 1.81 bits per heavy atom. The van der Waals surface area contributed by atoms with Crippen LogP contribution in [0.3, 0.4) is 0 Å². The Kier molecular flexibility index (Phi) is 7.98. The van der Waals surface area contributed by atoms with Crippen molar-refractivity contribution in [2.24, 2.45) is 0 Å². The van der Waals surface area contributed by atoms with Gasteiger partial charge in [0, 0.05) is 11.8 Å². The van der Waals surface area contributed by atoms with Crippen LogP contribution in [0.15, 0.2) is 47.1 Å². The van der Waals surface area contributed by atoms with Gasteiger partial charge in [-0.2, -0.15) is 0 Å². The number of ether oxygens (including phenoxy) is 4. The third-order valence-electron chi connectivity index (χ3n) is 6.11. The van der Waals surface area contributed by atoms with E-state index in [0.717, 1.165) is 23.6 Å². The molecule has 1 saturated heterocycles. The van der Waals surface area contributed by atoms with Crippen molar-refractivity contribution in [3.05, 3.63) is 59.4 Å². The van der Waals surface area contributed by atoms with Crippen LogP contribution in [0.5, 0.6) is 11.5 Å². The zero-order chi connectivity index (χ0) is 26.7. The molecule has 2 aromatic carbocycles. The fraction of sp³-hybridized carbons (Fsp3) is 0.385. The first kappa shape index (κ1) is 26.4. The van der Waals surface area contributed by atoms with E-state index < -0.39 is 49.3 Å². The molecule has 1 aliphatic heterocycles. The number of rotatable bonds is 8. The number of benzene rings is 2. The van der Waals surface area contributed by atoms with E-state index in [4.69, 9.17) is 18.6 Å². The summed E-state index contributed by atoms with van der Waals surface area (Å²) in [5.74, 6) is -0.814. The third kappa shape index (κ3) is 5.86. The number of hydrogen-bond donors (Lipinski definition) is 4. The van der Waals surface area contributed by atoms with Crippen LogP contribution < -0.4 is 4.74 Å². The van der Waals surface area contributed by atoms with Gasteiger partial charge in [-0.1, -0.05) is 6.07 Å². The van der Waals surface area contributed by atoms with Crippen LogP contribution in [0.25, 0.3) is 11.0 Å². The van der Waals surface area contributed by atoms with Gasteiger partial charge >= 0.3 is 6.16 Å². The summed E-state index contributed by atoms with van der Waals surface area (Å²) in [6.45, 7) is 1.17. The number of phenols is 1. The first-order valence-corrected chi connectivity index (χ1v) is 11.6. The van der Waals surface area contributed by atoms with Gasteiger partial charge in [0.25, 0.3) is 0 Å². The molecule has 11 heteroatoms. The summed E-state index contributed by atoms with van der Waals surface area (Å²) in [6, 6.07) is 10.3. The number of aliphatic hydroxyl groups is 3. The average Bonchev–Trinajstić information content (AvgIpc) is 3.34. The summed E-state index contributed by atoms with van der Waals surface area (Å²) < 4.78 is 25.8. The molecule has 1 aromatic heterocycles. The molecule has 0 saturated carbocycles. The van der Waals surface area contributed by atoms with Crippen LogP contribution in [-0.2, 0) is 20.6 Å². The second-order valence-electron chi connectivity index (χ2n) is 8.77. The summed E-state index contributed by atoms with van der Waals surface area (Å²) in [5.41, 5.74) is 2.07. The van der Waals surface area contributed by atoms with Crippen molar-refractivity contribution in [1.29, 1.82) is 0 Å². The van der Waals surface area contributed by atoms with Crippen LogP contribution in [0.1, 0.15) is 27.9 Å². The topological polar surface area (TPSA) is 165 Å². The largest absolute Gasteiger partial charge is 0.508 e. The van der Waals surface area contributed by atoms with Crippen molar-refractivity contribution < 1.29 is 53.4 Å². The van der Waals surface area contributed by atoms with E-state index in [1.54, 1.807) is 13.2 Å². The first-order valence-electron chi connectivity index (χ1n) is 11.6. The number of phenolic OH excluding ortho intramolecular Hbond substituents is 1. The number of furan rings is 1. The molecule has 1 fully saturated rings. The van der Waals surface area contributed by atoms with Gasteiger partial charge in [-0.15, -0.1) is 0 Å². The van der Waals surface area contributed by atoms with E-state index in [-0.39, 0.29) is 23.5 Å². The minimum Gasteiger partial charge on any atom is -0.507 e. The van der Waals surface area contributed by atoms with Gasteiger partial charge in [0.2, 0.25) is 6.29 Å². The predicted octanol–water partition coefficient (Wildman–Crippen LogP) is 2.23. The van der Waals surface area contributed by atoms with Gasteiger partial charge in [0.05, 0.1) is 13.4 Å². The molecule has 2 unspecified atom stereocenters. The van der Waals surface area contributed by atoms with Gasteiger partial charge in [-0.05, 0) is 54.8 Å². The smallest absolute Gasteiger partial charge is 0.507 e. The fourth-order valence-electron chi connectivity index (χ4n) is 4.15. The number of methoxy groups -OCH3 is 1. The van der Waals surface area contributed by atoms with Crippen molar-refractivity contribution in [3.8, 4) is 11.5 Å². The highest BCUT2D eigenvalue weighted by Gasteiger charge is 2.46. The molecule has 0 bridgehead atoms. The molecule has 0 aliphatic carbocycles. The normalized spacial score (nSPS) is 23.5. The molecule has 0 amide bonds. The average molecular weight is 516 g/mol. The molecule has 0 spiro atoms. The highest BCUT2D eigenvalue weighted by molar-refractivity contribution is 6.01. The SMILES string of the molecule is COC(=O)OCC1OC(Oc2cc(C)cc(O)c2C(=O)CCc2ccc3occc3c2)[C@H](O)[C@@H](O)[C@@H]1O. The number of Topliss-reactive ketones (excluding diaryl/α,β-unsaturated/α-hetero) is 1. The van der Waals surface area contributed by atoms with Crippen molar-refractivity contribution in [2.75, 3.05) is 13.7 Å². The maximum absolute atomic E-state index is 13.2. The molecule has 198 valence electrons. The van der Waals surface area contributed by atoms with Crippen molar-refractivity contribution in [3.63, 3.8) is 0 Å². The summed E-state index contributed by atoms with van der Waals surface area (Å²) in [5, 5.41) is 42.5. The molecule has 5 atom stereocenters. The highest BCUT2D eigenvalue weighted by Crippen LogP contribution is 2.34. The maximum atomic E-state index is 13.2. The second kappa shape index (κ2) is 11.2. The molecule has 11 nitrogen and oxygen atoms in total. The molecule has 2 heterocycles. The zero-order valence-electron chi connectivity index (χ0n) is 20.2. The van der Waals surface area contributed by atoms with E-state index in [1.807, 2.05) is 24.3 Å². The Hall–Kier alpha value is -3.64. The van der Waals surface area contributed by atoms with Crippen molar-refractivity contribution in [1.82, 2.24) is 0 Å². The van der Waals surface area contributed by atoms with Crippen LogP contribution in [-0.4, -0.2) is 76.8 Å². The lowest BCUT2D eigenvalue weighted by Crippen LogP contribution is -2.60. The molecular formula is C26H28O11. The number of fused-ring (bicyclic) bond motifs is 1. The Bertz CT molecular complexity index is 1270. The number of carbonyl (C=O) groups is 2. The summed E-state index contributed by atoms with van der Waals surface area (Å²) in [4.78, 5) is 24.5. The lowest BCUT2D eigenvalue weighted by Gasteiger charge is -2.40. The van der Waals surface area contributed by atoms with Crippen LogP contribution in [0.2, 0.25) is 0 Å². The molecule has 1 aliphatic rings. The van der Waals surface area contributed by atoms with E-state index in [9.17, 15) is 30.0 Å². The van der Waals surface area contributed by atoms with Gasteiger partial charge < -0.3 is 43.8 Å². The zero-order valence-corrected chi connectivity index (χ0v) is 20.2. The van der Waals surface area contributed by atoms with E-state index in [1.165, 1.54) is 12.1 Å². The molecule has 37 heavy (non-hydrogen) atoms. The van der Waals surface area contributed by atoms with E-state index in [2.05, 4.69) is 4.74 Å². The third-order valence-corrected chi connectivity index (χ3v) is 6.11. The minimum atomic E-state index is -1.71. The Morgan fingerprint density at radius 3 is 2.57 bits per heavy atom. The first-order chi connectivity index (χ1) is 17.7. The predicted molar refractivity (Wildman–Crippen MR) is 127 cm³/mol. The Labute approximate surface area is 211 Å². The fourth-order valence-corrected chi connectivity index (χ4v) is 4.15. The quantitative estimate of drug-likeness (QED) is 0.256. The second-order valence-corrected chi connectivity index (χ2v) is 8.77. The lowest BCUT2D eigenvalue weighted by atomic mass is 9.98. The maximum Gasteiger partial charge on any atom is 0.508 e. The number of hydrogen-bond acceptors (Lipinski definition) is 11.